The molecule has 4 heteroatoms. The number of rotatable bonds is 5. The van der Waals surface area contributed by atoms with Crippen LogP contribution in [-0.4, -0.2) is 22.2 Å². The van der Waals surface area contributed by atoms with Gasteiger partial charge in [-0.05, 0) is 24.8 Å². The lowest BCUT2D eigenvalue weighted by molar-refractivity contribution is 0.0501. The molecule has 0 radical (unpaired) electrons. The van der Waals surface area contributed by atoms with E-state index in [0.29, 0.717) is 17.9 Å². The smallest absolute Gasteiger partial charge is 0.342 e. The van der Waals surface area contributed by atoms with Gasteiger partial charge in [-0.15, -0.1) is 0 Å². The number of aryl methyl sites for hydroxylation is 1. The van der Waals surface area contributed by atoms with E-state index in [1.807, 2.05) is 47.8 Å². The molecule has 0 aliphatic heterocycles. The number of benzene rings is 2. The van der Waals surface area contributed by atoms with Crippen molar-refractivity contribution in [1.82, 2.24) is 9.61 Å². The predicted octanol–water partition coefficient (Wildman–Crippen LogP) is 5.42. The fourth-order valence-corrected chi connectivity index (χ4v) is 3.44. The molecule has 0 saturated heterocycles. The molecule has 2 aromatic heterocycles. The summed E-state index contributed by atoms with van der Waals surface area (Å²) in [6.07, 6.45) is 1.85. The first-order valence-corrected chi connectivity index (χ1v) is 9.34. The Balaban J connectivity index is 1.99. The van der Waals surface area contributed by atoms with Crippen molar-refractivity contribution in [3.05, 3.63) is 71.9 Å². The second kappa shape index (κ2) is 7.23. The third-order valence-electron chi connectivity index (χ3n) is 4.80. The van der Waals surface area contributed by atoms with Crippen LogP contribution in [0, 0.1) is 6.92 Å². The van der Waals surface area contributed by atoms with Crippen LogP contribution in [-0.2, 0) is 4.74 Å². The van der Waals surface area contributed by atoms with Gasteiger partial charge in [0.05, 0.1) is 23.5 Å². The number of nitrogens with zero attached hydrogens (tertiary/aromatic N) is 2. The lowest BCUT2D eigenvalue weighted by Crippen LogP contribution is -2.07. The fourth-order valence-electron chi connectivity index (χ4n) is 3.44. The van der Waals surface area contributed by atoms with Crippen LogP contribution in [0.2, 0.25) is 0 Å². The Morgan fingerprint density at radius 3 is 2.59 bits per heavy atom. The lowest BCUT2D eigenvalue weighted by Gasteiger charge is -2.10. The average Bonchev–Trinajstić information content (AvgIpc) is 3.05. The number of hydrogen-bond acceptors (Lipinski definition) is 3. The maximum Gasteiger partial charge on any atom is 0.342 e. The van der Waals surface area contributed by atoms with Gasteiger partial charge in [-0.2, -0.15) is 5.10 Å². The van der Waals surface area contributed by atoms with Crippen LogP contribution in [0.15, 0.2) is 60.7 Å². The van der Waals surface area contributed by atoms with E-state index in [1.165, 1.54) is 0 Å². The van der Waals surface area contributed by atoms with Crippen molar-refractivity contribution in [1.29, 1.82) is 0 Å². The Bertz CT molecular complexity index is 1110. The molecule has 4 nitrogen and oxygen atoms in total. The molecule has 4 rings (SSSR count). The van der Waals surface area contributed by atoms with Crippen LogP contribution >= 0.6 is 0 Å². The van der Waals surface area contributed by atoms with E-state index >= 15 is 0 Å². The highest BCUT2D eigenvalue weighted by atomic mass is 16.5. The molecular weight excluding hydrogens is 336 g/mol. The van der Waals surface area contributed by atoms with Crippen LogP contribution < -0.4 is 0 Å². The number of carbonyl (C=O) groups is 1. The molecule has 0 N–H and O–H groups in total. The predicted molar refractivity (Wildman–Crippen MR) is 108 cm³/mol. The molecule has 136 valence electrons. The minimum Gasteiger partial charge on any atom is -0.462 e. The van der Waals surface area contributed by atoms with Crippen LogP contribution in [0.5, 0.6) is 0 Å². The molecule has 2 aromatic carbocycles. The third kappa shape index (κ3) is 3.08. The van der Waals surface area contributed by atoms with Crippen molar-refractivity contribution >= 4 is 22.3 Å². The second-order valence-corrected chi connectivity index (χ2v) is 6.69. The standard InChI is InChI=1S/C23H22N2O2/c1-3-4-14-27-23(26)21-16(2)24-25-20(17-10-6-5-7-11-17)15-18-12-8-9-13-19(18)22(21)25/h5-13,15H,3-4,14H2,1-2H3. The van der Waals surface area contributed by atoms with Crippen LogP contribution in [0.4, 0.5) is 0 Å². The van der Waals surface area contributed by atoms with Crippen LogP contribution in [0.1, 0.15) is 35.8 Å². The van der Waals surface area contributed by atoms with Gasteiger partial charge in [-0.1, -0.05) is 67.9 Å². The quantitative estimate of drug-likeness (QED) is 0.353. The number of ether oxygens (including phenoxy) is 1. The SMILES string of the molecule is CCCCOC(=O)c1c(C)nn2c(-c3ccccc3)cc3ccccc3c12. The summed E-state index contributed by atoms with van der Waals surface area (Å²) in [5, 5.41) is 6.78. The summed E-state index contributed by atoms with van der Waals surface area (Å²) in [5.74, 6) is -0.300. The van der Waals surface area contributed by atoms with Gasteiger partial charge in [-0.25, -0.2) is 9.31 Å². The zero-order chi connectivity index (χ0) is 18.8. The van der Waals surface area contributed by atoms with Gasteiger partial charge in [-0.3, -0.25) is 0 Å². The van der Waals surface area contributed by atoms with Crippen LogP contribution in [0.25, 0.3) is 27.5 Å². The molecule has 27 heavy (non-hydrogen) atoms. The second-order valence-electron chi connectivity index (χ2n) is 6.69. The summed E-state index contributed by atoms with van der Waals surface area (Å²) in [6.45, 7) is 4.38. The Hall–Kier alpha value is -3.14. The maximum absolute atomic E-state index is 12.8. The monoisotopic (exact) mass is 358 g/mol. The number of fused-ring (bicyclic) bond motifs is 3. The maximum atomic E-state index is 12.8. The highest BCUT2D eigenvalue weighted by Crippen LogP contribution is 2.31. The molecule has 0 spiro atoms. The Kier molecular flexibility index (Phi) is 4.63. The van der Waals surface area contributed by atoms with E-state index < -0.39 is 0 Å². The van der Waals surface area contributed by atoms with Gasteiger partial charge < -0.3 is 4.74 Å². The first-order valence-electron chi connectivity index (χ1n) is 9.34. The van der Waals surface area contributed by atoms with E-state index in [1.54, 1.807) is 0 Å². The average molecular weight is 358 g/mol. The van der Waals surface area contributed by atoms with E-state index in [2.05, 4.69) is 31.2 Å². The van der Waals surface area contributed by atoms with E-state index in [4.69, 9.17) is 9.84 Å². The summed E-state index contributed by atoms with van der Waals surface area (Å²) in [4.78, 5) is 12.8. The van der Waals surface area contributed by atoms with Crippen molar-refractivity contribution in [2.45, 2.75) is 26.7 Å². The van der Waals surface area contributed by atoms with Gasteiger partial charge in [0.2, 0.25) is 0 Å². The summed E-state index contributed by atoms with van der Waals surface area (Å²) in [7, 11) is 0. The molecule has 0 fully saturated rings. The van der Waals surface area contributed by atoms with E-state index in [0.717, 1.165) is 40.4 Å². The zero-order valence-corrected chi connectivity index (χ0v) is 15.6. The molecule has 0 atom stereocenters. The number of unbranched alkanes of at least 4 members (excludes halogenated alkanes) is 1. The van der Waals surface area contributed by atoms with Gasteiger partial charge >= 0.3 is 5.97 Å². The van der Waals surface area contributed by atoms with Gasteiger partial charge in [0.1, 0.15) is 5.56 Å². The van der Waals surface area contributed by atoms with Crippen LogP contribution in [0.3, 0.4) is 0 Å². The van der Waals surface area contributed by atoms with Crippen molar-refractivity contribution in [2.75, 3.05) is 6.61 Å². The summed E-state index contributed by atoms with van der Waals surface area (Å²) in [6, 6.07) is 20.3. The number of pyridine rings is 1. The Labute approximate surface area is 158 Å². The third-order valence-corrected chi connectivity index (χ3v) is 4.80. The Morgan fingerprint density at radius 1 is 1.07 bits per heavy atom. The van der Waals surface area contributed by atoms with Crippen molar-refractivity contribution in [3.63, 3.8) is 0 Å². The Morgan fingerprint density at radius 2 is 1.81 bits per heavy atom. The minimum atomic E-state index is -0.300. The van der Waals surface area contributed by atoms with Crippen molar-refractivity contribution < 1.29 is 9.53 Å². The number of hydrogen-bond donors (Lipinski definition) is 0. The molecule has 2 heterocycles. The van der Waals surface area contributed by atoms with Crippen molar-refractivity contribution in [2.24, 2.45) is 0 Å². The number of carbonyl (C=O) groups excluding carboxylic acids is 1. The first-order chi connectivity index (χ1) is 13.2. The zero-order valence-electron chi connectivity index (χ0n) is 15.6. The molecule has 0 aliphatic rings. The summed E-state index contributed by atoms with van der Waals surface area (Å²) < 4.78 is 7.40. The summed E-state index contributed by atoms with van der Waals surface area (Å²) >= 11 is 0. The molecule has 0 bridgehead atoms. The van der Waals surface area contributed by atoms with Gasteiger partial charge in [0.25, 0.3) is 0 Å². The first kappa shape index (κ1) is 17.3. The topological polar surface area (TPSA) is 43.6 Å². The van der Waals surface area contributed by atoms with Gasteiger partial charge in [0, 0.05) is 10.9 Å². The number of aromatic nitrogens is 2. The van der Waals surface area contributed by atoms with Gasteiger partial charge in [0.15, 0.2) is 0 Å². The largest absolute Gasteiger partial charge is 0.462 e. The molecule has 0 unspecified atom stereocenters. The summed E-state index contributed by atoms with van der Waals surface area (Å²) in [5.41, 5.74) is 4.07. The molecule has 0 saturated carbocycles. The highest BCUT2D eigenvalue weighted by Gasteiger charge is 2.22. The van der Waals surface area contributed by atoms with E-state index in [9.17, 15) is 4.79 Å². The van der Waals surface area contributed by atoms with E-state index in [-0.39, 0.29) is 5.97 Å². The lowest BCUT2D eigenvalue weighted by atomic mass is 10.0. The van der Waals surface area contributed by atoms with Crippen molar-refractivity contribution in [3.8, 4) is 11.3 Å². The molecular formula is C23H22N2O2. The normalized spacial score (nSPS) is 11.2. The number of esters is 1. The molecule has 0 amide bonds. The fraction of sp³-hybridized carbons (Fsp3) is 0.217. The highest BCUT2D eigenvalue weighted by molar-refractivity contribution is 6.09. The molecule has 0 aliphatic carbocycles. The molecule has 4 aromatic rings. The minimum absolute atomic E-state index is 0.300.